The molecule has 30 heavy (non-hydrogen) atoms. The fourth-order valence-electron chi connectivity index (χ4n) is 5.73. The van der Waals surface area contributed by atoms with Crippen molar-refractivity contribution in [2.75, 3.05) is 47.9 Å². The van der Waals surface area contributed by atoms with E-state index in [4.69, 9.17) is 0 Å². The van der Waals surface area contributed by atoms with Gasteiger partial charge in [0.15, 0.2) is 0 Å². The van der Waals surface area contributed by atoms with Crippen molar-refractivity contribution < 1.29 is 14.7 Å². The molecule has 0 radical (unpaired) electrons. The Hall–Kier alpha value is -2.32. The molecule has 1 aromatic carbocycles. The molecule has 8 nitrogen and oxygen atoms in total. The third-order valence-corrected chi connectivity index (χ3v) is 7.59. The fourth-order valence-corrected chi connectivity index (χ4v) is 5.73. The molecule has 162 valence electrons. The summed E-state index contributed by atoms with van der Waals surface area (Å²) in [6.45, 7) is 4.27. The quantitative estimate of drug-likeness (QED) is 0.624. The van der Waals surface area contributed by atoms with Crippen LogP contribution in [0.1, 0.15) is 38.5 Å². The zero-order valence-corrected chi connectivity index (χ0v) is 17.6. The Balaban J connectivity index is 1.41. The molecule has 1 spiro atoms. The molecule has 5 rings (SSSR count). The van der Waals surface area contributed by atoms with E-state index in [9.17, 15) is 14.7 Å². The molecule has 0 aromatic heterocycles. The highest BCUT2D eigenvalue weighted by Gasteiger charge is 2.44. The average molecular weight is 414 g/mol. The van der Waals surface area contributed by atoms with Gasteiger partial charge in [0.25, 0.3) is 0 Å². The van der Waals surface area contributed by atoms with E-state index in [1.807, 2.05) is 24.1 Å². The number of aliphatic hydroxyl groups is 1. The van der Waals surface area contributed by atoms with Crippen molar-refractivity contribution in [1.29, 1.82) is 0 Å². The van der Waals surface area contributed by atoms with Gasteiger partial charge in [-0.05, 0) is 62.7 Å². The number of piperidine rings is 3. The first-order valence-corrected chi connectivity index (χ1v) is 11.1. The smallest absolute Gasteiger partial charge is 0.249 e. The summed E-state index contributed by atoms with van der Waals surface area (Å²) in [7, 11) is 1.87. The van der Waals surface area contributed by atoms with Gasteiger partial charge in [-0.2, -0.15) is 0 Å². The number of amides is 2. The maximum atomic E-state index is 12.5. The highest BCUT2D eigenvalue weighted by atomic mass is 16.3. The molecule has 4 aliphatic heterocycles. The summed E-state index contributed by atoms with van der Waals surface area (Å²) in [5.74, 6) is -0.574. The molecule has 2 atom stereocenters. The van der Waals surface area contributed by atoms with Crippen LogP contribution in [0.15, 0.2) is 18.2 Å². The first-order chi connectivity index (χ1) is 14.5. The Morgan fingerprint density at radius 2 is 1.77 bits per heavy atom. The lowest BCUT2D eigenvalue weighted by atomic mass is 9.71. The Morgan fingerprint density at radius 1 is 1.07 bits per heavy atom. The van der Waals surface area contributed by atoms with Crippen molar-refractivity contribution in [1.82, 2.24) is 10.6 Å². The van der Waals surface area contributed by atoms with E-state index in [0.29, 0.717) is 18.3 Å². The first-order valence-electron chi connectivity index (χ1n) is 11.1. The van der Waals surface area contributed by atoms with E-state index in [1.165, 1.54) is 25.7 Å². The van der Waals surface area contributed by atoms with E-state index < -0.39 is 12.4 Å². The molecular weight excluding hydrogens is 382 g/mol. The number of carbonyl (C=O) groups excluding carboxylic acids is 2. The molecule has 0 saturated carbocycles. The molecule has 2 amide bonds. The second-order valence-corrected chi connectivity index (χ2v) is 9.21. The van der Waals surface area contributed by atoms with Gasteiger partial charge < -0.3 is 25.1 Å². The van der Waals surface area contributed by atoms with Gasteiger partial charge in [-0.1, -0.05) is 6.07 Å². The van der Waals surface area contributed by atoms with Gasteiger partial charge in [0.05, 0.1) is 17.1 Å². The third-order valence-electron chi connectivity index (χ3n) is 7.59. The molecule has 1 aromatic rings. The molecule has 3 N–H and O–H groups in total. The molecule has 2 unspecified atom stereocenters. The van der Waals surface area contributed by atoms with Crippen LogP contribution in [0.4, 0.5) is 17.1 Å². The third kappa shape index (κ3) is 3.13. The van der Waals surface area contributed by atoms with E-state index in [-0.39, 0.29) is 11.8 Å². The Morgan fingerprint density at radius 3 is 2.47 bits per heavy atom. The molecule has 3 saturated heterocycles. The molecule has 0 aliphatic carbocycles. The highest BCUT2D eigenvalue weighted by molar-refractivity contribution is 6.03. The Kier molecular flexibility index (Phi) is 4.86. The number of nitrogens with one attached hydrogen (secondary N) is 2. The van der Waals surface area contributed by atoms with E-state index in [2.05, 4.69) is 21.6 Å². The van der Waals surface area contributed by atoms with Gasteiger partial charge in [0.1, 0.15) is 6.04 Å². The van der Waals surface area contributed by atoms with Crippen LogP contribution < -0.4 is 25.3 Å². The number of hydrogen-bond donors (Lipinski definition) is 3. The molecule has 8 heteroatoms. The lowest BCUT2D eigenvalue weighted by Gasteiger charge is -2.45. The SMILES string of the molecule is CN1c2c(N3CCC4(CCNCC4)CC3)cccc2N(C2CCC(=O)NC2=O)C1O. The fraction of sp³-hybridized carbons (Fsp3) is 0.636. The minimum absolute atomic E-state index is 0.243. The van der Waals surface area contributed by atoms with Crippen LogP contribution in [0.3, 0.4) is 0 Å². The number of nitrogens with zero attached hydrogens (tertiary/aromatic N) is 3. The lowest BCUT2D eigenvalue weighted by Crippen LogP contribution is -2.56. The van der Waals surface area contributed by atoms with Crippen LogP contribution in [-0.2, 0) is 9.59 Å². The second kappa shape index (κ2) is 7.42. The summed E-state index contributed by atoms with van der Waals surface area (Å²) in [5.41, 5.74) is 3.42. The van der Waals surface area contributed by atoms with Crippen LogP contribution in [0.5, 0.6) is 0 Å². The number of para-hydroxylation sites is 1. The van der Waals surface area contributed by atoms with E-state index >= 15 is 0 Å². The summed E-state index contributed by atoms with van der Waals surface area (Å²) in [6, 6.07) is 5.55. The number of carbonyl (C=O) groups is 2. The molecular formula is C22H31N5O3. The van der Waals surface area contributed by atoms with Crippen molar-refractivity contribution in [2.45, 2.75) is 50.9 Å². The number of anilines is 3. The summed E-state index contributed by atoms with van der Waals surface area (Å²) in [6.07, 6.45) is 4.69. The molecule has 0 bridgehead atoms. The first kappa shape index (κ1) is 19.6. The number of imide groups is 1. The van der Waals surface area contributed by atoms with Crippen LogP contribution >= 0.6 is 0 Å². The topological polar surface area (TPSA) is 88.2 Å². The Labute approximate surface area is 177 Å². The van der Waals surface area contributed by atoms with Crippen LogP contribution in [0.2, 0.25) is 0 Å². The maximum absolute atomic E-state index is 12.5. The second-order valence-electron chi connectivity index (χ2n) is 9.21. The number of aliphatic hydroxyl groups excluding tert-OH is 1. The maximum Gasteiger partial charge on any atom is 0.249 e. The number of fused-ring (bicyclic) bond motifs is 1. The van der Waals surface area contributed by atoms with Crippen molar-refractivity contribution in [3.05, 3.63) is 18.2 Å². The monoisotopic (exact) mass is 413 g/mol. The predicted molar refractivity (Wildman–Crippen MR) is 115 cm³/mol. The van der Waals surface area contributed by atoms with Crippen molar-refractivity contribution in [3.8, 4) is 0 Å². The number of benzene rings is 1. The van der Waals surface area contributed by atoms with Crippen LogP contribution in [0, 0.1) is 5.41 Å². The zero-order chi connectivity index (χ0) is 20.9. The summed E-state index contributed by atoms with van der Waals surface area (Å²) in [4.78, 5) is 30.1. The number of rotatable bonds is 2. The largest absolute Gasteiger partial charge is 0.370 e. The summed E-state index contributed by atoms with van der Waals surface area (Å²) >= 11 is 0. The summed E-state index contributed by atoms with van der Waals surface area (Å²) in [5, 5.41) is 16.9. The predicted octanol–water partition coefficient (Wildman–Crippen LogP) is 0.994. The lowest BCUT2D eigenvalue weighted by molar-refractivity contribution is -0.134. The number of hydrogen-bond acceptors (Lipinski definition) is 7. The normalized spacial score (nSPS) is 28.7. The van der Waals surface area contributed by atoms with E-state index in [0.717, 1.165) is 43.2 Å². The van der Waals surface area contributed by atoms with Crippen molar-refractivity contribution in [2.24, 2.45) is 5.41 Å². The van der Waals surface area contributed by atoms with Crippen molar-refractivity contribution in [3.63, 3.8) is 0 Å². The van der Waals surface area contributed by atoms with Gasteiger partial charge in [-0.25, -0.2) is 0 Å². The standard InChI is InChI=1S/C22H31N5O3/c1-25-19-15(26-13-9-22(10-14-26)7-11-23-12-8-22)3-2-4-16(19)27(21(25)30)17-5-6-18(28)24-20(17)29/h2-4,17,21,23,30H,5-14H2,1H3,(H,24,28,29). The zero-order valence-electron chi connectivity index (χ0n) is 17.6. The van der Waals surface area contributed by atoms with Crippen molar-refractivity contribution >= 4 is 28.9 Å². The van der Waals surface area contributed by atoms with Gasteiger partial charge in [0.2, 0.25) is 18.2 Å². The van der Waals surface area contributed by atoms with Gasteiger partial charge in [-0.15, -0.1) is 0 Å². The minimum atomic E-state index is -0.925. The average Bonchev–Trinajstić information content (AvgIpc) is 3.00. The van der Waals surface area contributed by atoms with Crippen LogP contribution in [0.25, 0.3) is 0 Å². The molecule has 4 aliphatic rings. The molecule has 4 heterocycles. The highest BCUT2D eigenvalue weighted by Crippen LogP contribution is 2.48. The summed E-state index contributed by atoms with van der Waals surface area (Å²) < 4.78 is 0. The van der Waals surface area contributed by atoms with Crippen LogP contribution in [-0.4, -0.2) is 62.5 Å². The van der Waals surface area contributed by atoms with E-state index in [1.54, 1.807) is 4.90 Å². The molecule has 3 fully saturated rings. The Bertz CT molecular complexity index is 843. The minimum Gasteiger partial charge on any atom is -0.370 e. The van der Waals surface area contributed by atoms with Gasteiger partial charge in [0, 0.05) is 26.6 Å². The van der Waals surface area contributed by atoms with Gasteiger partial charge in [-0.3, -0.25) is 14.9 Å². The van der Waals surface area contributed by atoms with Gasteiger partial charge >= 0.3 is 0 Å².